The molecule has 6 nitrogen and oxygen atoms in total. The first-order valence-corrected chi connectivity index (χ1v) is 10.1. The van der Waals surface area contributed by atoms with Crippen molar-refractivity contribution in [2.24, 2.45) is 23.7 Å². The van der Waals surface area contributed by atoms with Crippen molar-refractivity contribution in [1.82, 2.24) is 0 Å². The maximum absolute atomic E-state index is 13.1. The first kappa shape index (κ1) is 18.6. The summed E-state index contributed by atoms with van der Waals surface area (Å²) in [6, 6.07) is 13.8. The summed E-state index contributed by atoms with van der Waals surface area (Å²) in [4.78, 5) is 40.3. The van der Waals surface area contributed by atoms with Crippen LogP contribution in [0.2, 0.25) is 0 Å². The van der Waals surface area contributed by atoms with Gasteiger partial charge in [0, 0.05) is 17.3 Å². The van der Waals surface area contributed by atoms with Crippen LogP contribution in [0.3, 0.4) is 0 Å². The minimum absolute atomic E-state index is 0.143. The standard InChI is InChI=1S/C24H22N2O4/c1-13-9-15-11-19(13)21-20(15)23(28)26(24(21)29)17-7-3-5-14(10-17)22(27)25-16-6-4-8-18(12-16)30-2/h3-10,12,15,19-21H,11H2,1-2H3,(H,25,27)/t15-,19-,20+,21-/m1/s1. The highest BCUT2D eigenvalue weighted by atomic mass is 16.5. The molecule has 4 atom stereocenters. The smallest absolute Gasteiger partial charge is 0.255 e. The zero-order chi connectivity index (χ0) is 21.0. The molecule has 1 heterocycles. The molecular formula is C24H22N2O4. The third kappa shape index (κ3) is 2.75. The lowest BCUT2D eigenvalue weighted by molar-refractivity contribution is -0.123. The summed E-state index contributed by atoms with van der Waals surface area (Å²) in [7, 11) is 1.56. The van der Waals surface area contributed by atoms with Crippen molar-refractivity contribution in [3.05, 3.63) is 65.7 Å². The lowest BCUT2D eigenvalue weighted by atomic mass is 9.82. The number of allylic oxidation sites excluding steroid dienone is 2. The monoisotopic (exact) mass is 402 g/mol. The van der Waals surface area contributed by atoms with Gasteiger partial charge < -0.3 is 10.1 Å². The summed E-state index contributed by atoms with van der Waals surface area (Å²) in [5.74, 6) is -0.173. The highest BCUT2D eigenvalue weighted by Gasteiger charge is 2.60. The van der Waals surface area contributed by atoms with E-state index in [4.69, 9.17) is 4.74 Å². The van der Waals surface area contributed by atoms with Gasteiger partial charge >= 0.3 is 0 Å². The molecule has 6 heteroatoms. The molecule has 3 aliphatic rings. The summed E-state index contributed by atoms with van der Waals surface area (Å²) < 4.78 is 5.18. The van der Waals surface area contributed by atoms with Crippen LogP contribution in [0.1, 0.15) is 23.7 Å². The third-order valence-corrected chi connectivity index (χ3v) is 6.57. The normalized spacial score (nSPS) is 26.6. The molecular weight excluding hydrogens is 380 g/mol. The summed E-state index contributed by atoms with van der Waals surface area (Å²) >= 11 is 0. The van der Waals surface area contributed by atoms with Gasteiger partial charge in [-0.25, -0.2) is 4.90 Å². The Morgan fingerprint density at radius 3 is 2.63 bits per heavy atom. The maximum atomic E-state index is 13.1. The number of fused-ring (bicyclic) bond motifs is 5. The molecule has 0 radical (unpaired) electrons. The van der Waals surface area contributed by atoms with Crippen LogP contribution in [0.25, 0.3) is 0 Å². The van der Waals surface area contributed by atoms with Crippen molar-refractivity contribution >= 4 is 29.1 Å². The molecule has 2 fully saturated rings. The number of hydrogen-bond acceptors (Lipinski definition) is 4. The largest absolute Gasteiger partial charge is 0.497 e. The molecule has 1 N–H and O–H groups in total. The topological polar surface area (TPSA) is 75.7 Å². The molecule has 1 saturated carbocycles. The van der Waals surface area contributed by atoms with Crippen molar-refractivity contribution in [3.8, 4) is 5.75 Å². The average molecular weight is 402 g/mol. The number of rotatable bonds is 4. The predicted molar refractivity (Wildman–Crippen MR) is 112 cm³/mol. The van der Waals surface area contributed by atoms with Crippen LogP contribution in [0.15, 0.2) is 60.2 Å². The van der Waals surface area contributed by atoms with Crippen molar-refractivity contribution in [1.29, 1.82) is 0 Å². The quantitative estimate of drug-likeness (QED) is 0.626. The molecule has 5 rings (SSSR count). The number of carbonyl (C=O) groups excluding carboxylic acids is 3. The number of nitrogens with one attached hydrogen (secondary N) is 1. The summed E-state index contributed by atoms with van der Waals surface area (Å²) in [6.45, 7) is 2.05. The number of amides is 3. The molecule has 0 spiro atoms. The van der Waals surface area contributed by atoms with Crippen molar-refractivity contribution in [2.45, 2.75) is 13.3 Å². The fourth-order valence-electron chi connectivity index (χ4n) is 5.22. The highest BCUT2D eigenvalue weighted by Crippen LogP contribution is 2.55. The molecule has 0 unspecified atom stereocenters. The van der Waals surface area contributed by atoms with Gasteiger partial charge in [-0.2, -0.15) is 0 Å². The number of methoxy groups -OCH3 is 1. The summed E-state index contributed by atoms with van der Waals surface area (Å²) in [5, 5.41) is 2.83. The van der Waals surface area contributed by atoms with Gasteiger partial charge in [0.2, 0.25) is 11.8 Å². The second-order valence-electron chi connectivity index (χ2n) is 8.22. The fraction of sp³-hybridized carbons (Fsp3) is 0.292. The lowest BCUT2D eigenvalue weighted by Crippen LogP contribution is -2.33. The number of carbonyl (C=O) groups is 3. The van der Waals surface area contributed by atoms with Crippen LogP contribution in [0, 0.1) is 23.7 Å². The van der Waals surface area contributed by atoms with Crippen molar-refractivity contribution < 1.29 is 19.1 Å². The van der Waals surface area contributed by atoms with Gasteiger partial charge in [-0.3, -0.25) is 14.4 Å². The van der Waals surface area contributed by atoms with Gasteiger partial charge in [-0.05, 0) is 55.5 Å². The number of ether oxygens (including phenoxy) is 1. The minimum atomic E-state index is -0.318. The van der Waals surface area contributed by atoms with Gasteiger partial charge in [0.1, 0.15) is 5.75 Å². The molecule has 152 valence electrons. The zero-order valence-corrected chi connectivity index (χ0v) is 16.8. The van der Waals surface area contributed by atoms with E-state index in [9.17, 15) is 14.4 Å². The van der Waals surface area contributed by atoms with E-state index in [2.05, 4.69) is 11.4 Å². The van der Waals surface area contributed by atoms with E-state index in [1.165, 1.54) is 10.5 Å². The number of anilines is 2. The number of hydrogen-bond donors (Lipinski definition) is 1. The highest BCUT2D eigenvalue weighted by molar-refractivity contribution is 6.23. The SMILES string of the molecule is COc1cccc(NC(=O)c2cccc(N3C(=O)[C@@H]4[C@H](C3=O)[C@@H]3C[C@H]4C=C3C)c2)c1. The Labute approximate surface area is 174 Å². The molecule has 2 aliphatic carbocycles. The van der Waals surface area contributed by atoms with Crippen LogP contribution in [0.5, 0.6) is 5.75 Å². The molecule has 1 aliphatic heterocycles. The van der Waals surface area contributed by atoms with E-state index in [0.29, 0.717) is 22.7 Å². The van der Waals surface area contributed by atoms with E-state index in [0.717, 1.165) is 6.42 Å². The van der Waals surface area contributed by atoms with Gasteiger partial charge in [0.25, 0.3) is 5.91 Å². The Balaban J connectivity index is 1.40. The van der Waals surface area contributed by atoms with Gasteiger partial charge in [-0.15, -0.1) is 0 Å². The molecule has 3 amide bonds. The van der Waals surface area contributed by atoms with Crippen molar-refractivity contribution in [3.63, 3.8) is 0 Å². The van der Waals surface area contributed by atoms with Crippen LogP contribution < -0.4 is 15.0 Å². The Bertz CT molecular complexity index is 1110. The van der Waals surface area contributed by atoms with Crippen molar-refractivity contribution in [2.75, 3.05) is 17.3 Å². The average Bonchev–Trinajstić information content (AvgIpc) is 3.38. The van der Waals surface area contributed by atoms with Gasteiger partial charge in [0.05, 0.1) is 24.6 Å². The van der Waals surface area contributed by atoms with E-state index in [1.807, 2.05) is 6.92 Å². The zero-order valence-electron chi connectivity index (χ0n) is 16.8. The Morgan fingerprint density at radius 1 is 1.07 bits per heavy atom. The summed E-state index contributed by atoms with van der Waals surface area (Å²) in [5.41, 5.74) is 2.65. The number of imide groups is 1. The van der Waals surface area contributed by atoms with E-state index >= 15 is 0 Å². The second kappa shape index (κ2) is 6.83. The van der Waals surface area contributed by atoms with E-state index in [1.54, 1.807) is 55.6 Å². The molecule has 2 aromatic rings. The first-order chi connectivity index (χ1) is 14.5. The Kier molecular flexibility index (Phi) is 4.24. The number of benzene rings is 2. The Hall–Kier alpha value is -3.41. The number of nitrogens with zero attached hydrogens (tertiary/aromatic N) is 1. The third-order valence-electron chi connectivity index (χ3n) is 6.57. The molecule has 2 aromatic carbocycles. The predicted octanol–water partition coefficient (Wildman–Crippen LogP) is 3.65. The van der Waals surface area contributed by atoms with Gasteiger partial charge in [-0.1, -0.05) is 23.8 Å². The minimum Gasteiger partial charge on any atom is -0.497 e. The molecule has 1 saturated heterocycles. The summed E-state index contributed by atoms with van der Waals surface area (Å²) in [6.07, 6.45) is 3.05. The molecule has 0 aromatic heterocycles. The van der Waals surface area contributed by atoms with Crippen LogP contribution >= 0.6 is 0 Å². The molecule has 30 heavy (non-hydrogen) atoms. The van der Waals surface area contributed by atoms with E-state index < -0.39 is 0 Å². The second-order valence-corrected chi connectivity index (χ2v) is 8.22. The molecule has 2 bridgehead atoms. The van der Waals surface area contributed by atoms with Crippen LogP contribution in [-0.4, -0.2) is 24.8 Å². The maximum Gasteiger partial charge on any atom is 0.255 e. The van der Waals surface area contributed by atoms with Crippen LogP contribution in [0.4, 0.5) is 11.4 Å². The Morgan fingerprint density at radius 2 is 1.83 bits per heavy atom. The van der Waals surface area contributed by atoms with Crippen LogP contribution in [-0.2, 0) is 9.59 Å². The van der Waals surface area contributed by atoms with Gasteiger partial charge in [0.15, 0.2) is 0 Å². The lowest BCUT2D eigenvalue weighted by Gasteiger charge is -2.19. The first-order valence-electron chi connectivity index (χ1n) is 10.1. The van der Waals surface area contributed by atoms with E-state index in [-0.39, 0.29) is 41.4 Å². The fourth-order valence-corrected chi connectivity index (χ4v) is 5.22.